The van der Waals surface area contributed by atoms with Crippen LogP contribution >= 0.6 is 11.3 Å². The number of fused-ring (bicyclic) bond motifs is 1. The number of ether oxygens (including phenoxy) is 1. The van der Waals surface area contributed by atoms with Crippen LogP contribution in [0.4, 0.5) is 5.13 Å². The standard InChI is InChI=1S/C21H26N4O2S/c1-14(26)22-17-5-3-4-6-18(17)23-21-24-19-8-7-16(13-20(19)28-21)27-15-9-11-25(2)12-10-15/h7-11,13,17-18H,3-6,12H2,1-2H3,(H,22,26)(H,23,24)/t17-,18-/m1/s1. The monoisotopic (exact) mass is 398 g/mol. The van der Waals surface area contributed by atoms with E-state index in [0.29, 0.717) is 0 Å². The summed E-state index contributed by atoms with van der Waals surface area (Å²) in [5, 5.41) is 7.53. The minimum Gasteiger partial charge on any atom is -0.458 e. The summed E-state index contributed by atoms with van der Waals surface area (Å²) >= 11 is 1.63. The molecule has 1 aliphatic heterocycles. The highest BCUT2D eigenvalue weighted by Crippen LogP contribution is 2.32. The first-order valence-corrected chi connectivity index (χ1v) is 10.6. The summed E-state index contributed by atoms with van der Waals surface area (Å²) in [7, 11) is 2.03. The van der Waals surface area contributed by atoms with E-state index in [1.165, 1.54) is 6.42 Å². The lowest BCUT2D eigenvalue weighted by molar-refractivity contribution is -0.119. The van der Waals surface area contributed by atoms with Gasteiger partial charge in [-0.3, -0.25) is 4.79 Å². The molecule has 2 aliphatic rings. The summed E-state index contributed by atoms with van der Waals surface area (Å²) in [6.07, 6.45) is 10.4. The number of aromatic nitrogens is 1. The van der Waals surface area contributed by atoms with Gasteiger partial charge < -0.3 is 20.3 Å². The Kier molecular flexibility index (Phi) is 5.52. The van der Waals surface area contributed by atoms with E-state index >= 15 is 0 Å². The number of rotatable bonds is 5. The normalized spacial score (nSPS) is 22.1. The number of thiazole rings is 1. The van der Waals surface area contributed by atoms with E-state index in [2.05, 4.69) is 21.6 Å². The van der Waals surface area contributed by atoms with Crippen molar-refractivity contribution in [2.75, 3.05) is 18.9 Å². The third-order valence-corrected chi connectivity index (χ3v) is 6.08. The first-order valence-electron chi connectivity index (χ1n) is 9.77. The molecule has 0 spiro atoms. The third kappa shape index (κ3) is 4.47. The second-order valence-electron chi connectivity index (χ2n) is 7.45. The van der Waals surface area contributed by atoms with Crippen LogP contribution in [-0.4, -0.2) is 41.5 Å². The average Bonchev–Trinajstić information content (AvgIpc) is 3.06. The highest BCUT2D eigenvalue weighted by Gasteiger charge is 2.26. The molecule has 0 unspecified atom stereocenters. The van der Waals surface area contributed by atoms with Crippen molar-refractivity contribution in [3.63, 3.8) is 0 Å². The molecule has 4 rings (SSSR count). The Morgan fingerprint density at radius 2 is 2.11 bits per heavy atom. The highest BCUT2D eigenvalue weighted by molar-refractivity contribution is 7.22. The summed E-state index contributed by atoms with van der Waals surface area (Å²) in [6, 6.07) is 6.39. The summed E-state index contributed by atoms with van der Waals surface area (Å²) in [5.41, 5.74) is 0.958. The quantitative estimate of drug-likeness (QED) is 0.800. The van der Waals surface area contributed by atoms with Gasteiger partial charge in [0, 0.05) is 44.9 Å². The maximum Gasteiger partial charge on any atom is 0.217 e. The van der Waals surface area contributed by atoms with Gasteiger partial charge >= 0.3 is 0 Å². The van der Waals surface area contributed by atoms with Crippen molar-refractivity contribution in [2.45, 2.75) is 44.7 Å². The number of anilines is 1. The van der Waals surface area contributed by atoms with Crippen LogP contribution in [0.5, 0.6) is 5.75 Å². The molecule has 1 aromatic carbocycles. The predicted octanol–water partition coefficient (Wildman–Crippen LogP) is 3.88. The van der Waals surface area contributed by atoms with E-state index in [1.807, 2.05) is 37.5 Å². The average molecular weight is 399 g/mol. The predicted molar refractivity (Wildman–Crippen MR) is 114 cm³/mol. The highest BCUT2D eigenvalue weighted by atomic mass is 32.1. The van der Waals surface area contributed by atoms with Crippen molar-refractivity contribution in [2.24, 2.45) is 0 Å². The van der Waals surface area contributed by atoms with Crippen LogP contribution in [0.2, 0.25) is 0 Å². The van der Waals surface area contributed by atoms with E-state index in [0.717, 1.165) is 52.7 Å². The molecule has 1 amide bonds. The molecule has 6 nitrogen and oxygen atoms in total. The first kappa shape index (κ1) is 18.8. The molecule has 1 saturated carbocycles. The molecule has 0 bridgehead atoms. The Hall–Kier alpha value is -2.54. The number of amides is 1. The van der Waals surface area contributed by atoms with Crippen molar-refractivity contribution in [1.29, 1.82) is 0 Å². The van der Waals surface area contributed by atoms with E-state index in [9.17, 15) is 4.79 Å². The second-order valence-corrected chi connectivity index (χ2v) is 8.49. The molecule has 1 fully saturated rings. The number of carbonyl (C=O) groups is 1. The minimum absolute atomic E-state index is 0.0297. The van der Waals surface area contributed by atoms with Crippen molar-refractivity contribution in [3.05, 3.63) is 42.3 Å². The molecular formula is C21H26N4O2S. The van der Waals surface area contributed by atoms with Gasteiger partial charge in [0.2, 0.25) is 5.91 Å². The summed E-state index contributed by atoms with van der Waals surface area (Å²) in [6.45, 7) is 2.43. The first-order chi connectivity index (χ1) is 13.6. The number of nitrogens with one attached hydrogen (secondary N) is 2. The van der Waals surface area contributed by atoms with Gasteiger partial charge in [0.25, 0.3) is 0 Å². The van der Waals surface area contributed by atoms with Crippen molar-refractivity contribution < 1.29 is 9.53 Å². The van der Waals surface area contributed by atoms with Gasteiger partial charge in [-0.25, -0.2) is 4.98 Å². The largest absolute Gasteiger partial charge is 0.458 e. The van der Waals surface area contributed by atoms with Crippen LogP contribution in [0, 0.1) is 0 Å². The molecular weight excluding hydrogens is 372 g/mol. The molecule has 1 aromatic heterocycles. The Morgan fingerprint density at radius 1 is 1.29 bits per heavy atom. The summed E-state index contributed by atoms with van der Waals surface area (Å²) in [4.78, 5) is 18.3. The maximum atomic E-state index is 11.5. The van der Waals surface area contributed by atoms with Gasteiger partial charge in [0.05, 0.1) is 10.2 Å². The molecule has 2 N–H and O–H groups in total. The van der Waals surface area contributed by atoms with Gasteiger partial charge in [-0.2, -0.15) is 0 Å². The Bertz CT molecular complexity index is 920. The zero-order valence-corrected chi connectivity index (χ0v) is 17.1. The molecule has 2 heterocycles. The zero-order chi connectivity index (χ0) is 19.5. The second kappa shape index (κ2) is 8.22. The van der Waals surface area contributed by atoms with E-state index in [-0.39, 0.29) is 18.0 Å². The van der Waals surface area contributed by atoms with Crippen LogP contribution in [0.3, 0.4) is 0 Å². The van der Waals surface area contributed by atoms with Crippen LogP contribution in [-0.2, 0) is 4.79 Å². The van der Waals surface area contributed by atoms with Crippen LogP contribution in [0.1, 0.15) is 32.6 Å². The van der Waals surface area contributed by atoms with Crippen LogP contribution in [0.25, 0.3) is 10.2 Å². The maximum absolute atomic E-state index is 11.5. The van der Waals surface area contributed by atoms with Crippen molar-refractivity contribution in [1.82, 2.24) is 15.2 Å². The fourth-order valence-corrected chi connectivity index (χ4v) is 4.66. The number of likely N-dealkylation sites (N-methyl/N-ethyl adjacent to an activating group) is 1. The number of nitrogens with zero attached hydrogens (tertiary/aromatic N) is 2. The number of allylic oxidation sites excluding steroid dienone is 1. The number of carbonyl (C=O) groups excluding carboxylic acids is 1. The van der Waals surface area contributed by atoms with Gasteiger partial charge in [0.1, 0.15) is 11.5 Å². The molecule has 2 aromatic rings. The lowest BCUT2D eigenvalue weighted by atomic mass is 9.90. The molecule has 148 valence electrons. The van der Waals surface area contributed by atoms with Crippen molar-refractivity contribution in [3.8, 4) is 5.75 Å². The smallest absolute Gasteiger partial charge is 0.217 e. The Balaban J connectivity index is 1.47. The van der Waals surface area contributed by atoms with Gasteiger partial charge in [-0.1, -0.05) is 24.2 Å². The van der Waals surface area contributed by atoms with Gasteiger partial charge in [-0.05, 0) is 37.1 Å². The van der Waals surface area contributed by atoms with Crippen LogP contribution < -0.4 is 15.4 Å². The fourth-order valence-electron chi connectivity index (χ4n) is 3.70. The topological polar surface area (TPSA) is 66.5 Å². The summed E-state index contributed by atoms with van der Waals surface area (Å²) in [5.74, 6) is 1.71. The lowest BCUT2D eigenvalue weighted by Crippen LogP contribution is -2.47. The zero-order valence-electron chi connectivity index (χ0n) is 16.3. The van der Waals surface area contributed by atoms with E-state index in [1.54, 1.807) is 18.3 Å². The minimum atomic E-state index is 0.0297. The molecule has 0 radical (unpaired) electrons. The molecule has 7 heteroatoms. The SMILES string of the molecule is CC(=O)N[C@@H]1CCCC[C@H]1Nc1nc2ccc(OC3=CCN(C)C=C3)cc2s1. The fraction of sp³-hybridized carbons (Fsp3) is 0.429. The third-order valence-electron chi connectivity index (χ3n) is 5.13. The van der Waals surface area contributed by atoms with E-state index in [4.69, 9.17) is 9.72 Å². The number of hydrogen-bond acceptors (Lipinski definition) is 6. The molecule has 2 atom stereocenters. The van der Waals surface area contributed by atoms with Crippen molar-refractivity contribution >= 4 is 32.6 Å². The molecule has 28 heavy (non-hydrogen) atoms. The Morgan fingerprint density at radius 3 is 2.86 bits per heavy atom. The molecule has 1 aliphatic carbocycles. The van der Waals surface area contributed by atoms with Gasteiger partial charge in [0.15, 0.2) is 5.13 Å². The molecule has 0 saturated heterocycles. The lowest BCUT2D eigenvalue weighted by Gasteiger charge is -2.32. The number of benzene rings is 1. The Labute approximate surface area is 169 Å². The summed E-state index contributed by atoms with van der Waals surface area (Å²) < 4.78 is 7.08. The van der Waals surface area contributed by atoms with E-state index < -0.39 is 0 Å². The number of hydrogen-bond donors (Lipinski definition) is 2. The van der Waals surface area contributed by atoms with Crippen LogP contribution in [0.15, 0.2) is 42.3 Å². The van der Waals surface area contributed by atoms with Gasteiger partial charge in [-0.15, -0.1) is 0 Å².